The first-order valence-corrected chi connectivity index (χ1v) is 10.0. The summed E-state index contributed by atoms with van der Waals surface area (Å²) >= 11 is 0. The molecule has 160 valence electrons. The Bertz CT molecular complexity index is 1290. The highest BCUT2D eigenvalue weighted by molar-refractivity contribution is 5.91. The molecule has 32 heavy (non-hydrogen) atoms. The number of carbonyl (C=O) groups excluding carboxylic acids is 1. The highest BCUT2D eigenvalue weighted by Crippen LogP contribution is 2.32. The molecule has 3 heterocycles. The van der Waals surface area contributed by atoms with E-state index in [0.717, 1.165) is 11.1 Å². The van der Waals surface area contributed by atoms with Crippen LogP contribution in [0.15, 0.2) is 66.7 Å². The monoisotopic (exact) mass is 429 g/mol. The normalized spacial score (nSPS) is 12.4. The fourth-order valence-corrected chi connectivity index (χ4v) is 3.19. The molecule has 0 saturated carbocycles. The van der Waals surface area contributed by atoms with Gasteiger partial charge in [-0.3, -0.25) is 4.79 Å². The minimum Gasteiger partial charge on any atom is -0.475 e. The number of hydrogen-bond donors (Lipinski definition) is 1. The van der Waals surface area contributed by atoms with Gasteiger partial charge in [0.05, 0.1) is 6.54 Å². The van der Waals surface area contributed by atoms with Crippen LogP contribution in [-0.4, -0.2) is 45.7 Å². The van der Waals surface area contributed by atoms with Crippen LogP contribution in [0, 0.1) is 0 Å². The molecule has 0 atom stereocenters. The first-order chi connectivity index (χ1) is 15.8. The molecule has 0 bridgehead atoms. The molecule has 2 aromatic carbocycles. The molecular formula is C23H19N5O4. The molecule has 0 spiro atoms. The van der Waals surface area contributed by atoms with Gasteiger partial charge in [-0.25, -0.2) is 0 Å². The van der Waals surface area contributed by atoms with Crippen molar-refractivity contribution in [2.45, 2.75) is 0 Å². The van der Waals surface area contributed by atoms with Crippen LogP contribution in [0.3, 0.4) is 0 Å². The van der Waals surface area contributed by atoms with E-state index < -0.39 is 0 Å². The zero-order valence-electron chi connectivity index (χ0n) is 17.0. The summed E-state index contributed by atoms with van der Waals surface area (Å²) in [4.78, 5) is 12.1. The van der Waals surface area contributed by atoms with Crippen LogP contribution >= 0.6 is 0 Å². The Kier molecular flexibility index (Phi) is 5.36. The zero-order valence-corrected chi connectivity index (χ0v) is 17.0. The van der Waals surface area contributed by atoms with Gasteiger partial charge in [0.15, 0.2) is 23.0 Å². The molecule has 2 aromatic heterocycles. The summed E-state index contributed by atoms with van der Waals surface area (Å²) in [5, 5.41) is 15.6. The summed E-state index contributed by atoms with van der Waals surface area (Å²) in [6, 6.07) is 18.7. The Balaban J connectivity index is 1.15. The number of nitrogens with one attached hydrogen (secondary N) is 1. The van der Waals surface area contributed by atoms with E-state index in [9.17, 15) is 4.79 Å². The van der Waals surface area contributed by atoms with Crippen LogP contribution < -0.4 is 19.5 Å². The average Bonchev–Trinajstić information content (AvgIpc) is 3.47. The van der Waals surface area contributed by atoms with Gasteiger partial charge >= 0.3 is 0 Å². The smallest absolute Gasteiger partial charge is 0.244 e. The van der Waals surface area contributed by atoms with Crippen LogP contribution in [-0.2, 0) is 4.79 Å². The Hall–Kier alpha value is -4.40. The topological polar surface area (TPSA) is 99.9 Å². The maximum atomic E-state index is 12.1. The van der Waals surface area contributed by atoms with Gasteiger partial charge in [-0.2, -0.15) is 4.52 Å². The largest absolute Gasteiger partial charge is 0.475 e. The Morgan fingerprint density at radius 2 is 1.94 bits per heavy atom. The Labute approximate surface area is 183 Å². The Morgan fingerprint density at radius 1 is 1.06 bits per heavy atom. The first kappa shape index (κ1) is 19.6. The maximum absolute atomic E-state index is 12.1. The standard InChI is InChI=1S/C23H19N5O4/c29-21(10-7-16-6-8-18-19(14-16)32-15-31-18)24-12-13-30-22-11-9-20-25-26-23(28(20)27-22)17-4-2-1-3-5-17/h1-11,14H,12-13,15H2,(H,24,29)/b10-7+. The van der Waals surface area contributed by atoms with Crippen LogP contribution in [0.5, 0.6) is 17.4 Å². The summed E-state index contributed by atoms with van der Waals surface area (Å²) in [6.45, 7) is 0.818. The number of ether oxygens (including phenoxy) is 3. The van der Waals surface area contributed by atoms with Crippen molar-refractivity contribution in [3.05, 3.63) is 72.3 Å². The number of fused-ring (bicyclic) bond motifs is 2. The predicted molar refractivity (Wildman–Crippen MR) is 116 cm³/mol. The quantitative estimate of drug-likeness (QED) is 0.356. The number of amides is 1. The lowest BCUT2D eigenvalue weighted by molar-refractivity contribution is -0.116. The van der Waals surface area contributed by atoms with Gasteiger partial charge in [0.2, 0.25) is 18.6 Å². The van der Waals surface area contributed by atoms with Crippen molar-refractivity contribution >= 4 is 17.6 Å². The van der Waals surface area contributed by atoms with Crippen molar-refractivity contribution < 1.29 is 19.0 Å². The van der Waals surface area contributed by atoms with E-state index >= 15 is 0 Å². The predicted octanol–water partition coefficient (Wildman–Crippen LogP) is 2.73. The van der Waals surface area contributed by atoms with E-state index in [1.807, 2.05) is 48.5 Å². The number of carbonyl (C=O) groups is 1. The summed E-state index contributed by atoms with van der Waals surface area (Å²) in [7, 11) is 0. The van der Waals surface area contributed by atoms with Gasteiger partial charge in [0.25, 0.3) is 0 Å². The third-order valence-electron chi connectivity index (χ3n) is 4.75. The van der Waals surface area contributed by atoms with Gasteiger partial charge in [-0.1, -0.05) is 36.4 Å². The number of aromatic nitrogens is 4. The number of nitrogens with zero attached hydrogens (tertiary/aromatic N) is 4. The van der Waals surface area contributed by atoms with E-state index in [1.54, 1.807) is 22.7 Å². The summed E-state index contributed by atoms with van der Waals surface area (Å²) in [5.74, 6) is 2.21. The van der Waals surface area contributed by atoms with E-state index in [2.05, 4.69) is 20.6 Å². The van der Waals surface area contributed by atoms with Crippen LogP contribution in [0.4, 0.5) is 0 Å². The number of hydrogen-bond acceptors (Lipinski definition) is 7. The fourth-order valence-electron chi connectivity index (χ4n) is 3.19. The van der Waals surface area contributed by atoms with Gasteiger partial charge in [-0.05, 0) is 29.8 Å². The third kappa shape index (κ3) is 4.22. The summed E-state index contributed by atoms with van der Waals surface area (Å²) in [5.41, 5.74) is 2.38. The molecule has 0 fully saturated rings. The maximum Gasteiger partial charge on any atom is 0.244 e. The van der Waals surface area contributed by atoms with Crippen molar-refractivity contribution in [3.63, 3.8) is 0 Å². The molecule has 4 aromatic rings. The second-order valence-electron chi connectivity index (χ2n) is 6.92. The van der Waals surface area contributed by atoms with Crippen LogP contribution in [0.1, 0.15) is 5.56 Å². The minimum atomic E-state index is -0.222. The van der Waals surface area contributed by atoms with E-state index in [4.69, 9.17) is 14.2 Å². The highest BCUT2D eigenvalue weighted by Gasteiger charge is 2.12. The molecule has 1 amide bonds. The molecule has 1 N–H and O–H groups in total. The van der Waals surface area contributed by atoms with Gasteiger partial charge in [-0.15, -0.1) is 15.3 Å². The first-order valence-electron chi connectivity index (χ1n) is 10.0. The number of rotatable bonds is 7. The lowest BCUT2D eigenvalue weighted by Gasteiger charge is -2.06. The molecule has 0 unspecified atom stereocenters. The molecule has 0 aliphatic carbocycles. The highest BCUT2D eigenvalue weighted by atomic mass is 16.7. The lowest BCUT2D eigenvalue weighted by Crippen LogP contribution is -2.26. The molecule has 9 heteroatoms. The van der Waals surface area contributed by atoms with E-state index in [-0.39, 0.29) is 19.3 Å². The second-order valence-corrected chi connectivity index (χ2v) is 6.92. The van der Waals surface area contributed by atoms with E-state index in [0.29, 0.717) is 35.4 Å². The third-order valence-corrected chi connectivity index (χ3v) is 4.75. The van der Waals surface area contributed by atoms with Crippen molar-refractivity contribution in [2.24, 2.45) is 0 Å². The van der Waals surface area contributed by atoms with Gasteiger partial charge < -0.3 is 19.5 Å². The molecule has 0 radical (unpaired) electrons. The molecule has 0 saturated heterocycles. The van der Waals surface area contributed by atoms with E-state index in [1.165, 1.54) is 6.08 Å². The van der Waals surface area contributed by atoms with Crippen LogP contribution in [0.2, 0.25) is 0 Å². The minimum absolute atomic E-state index is 0.218. The van der Waals surface area contributed by atoms with Gasteiger partial charge in [0.1, 0.15) is 6.61 Å². The molecule has 5 rings (SSSR count). The molecule has 1 aliphatic rings. The van der Waals surface area contributed by atoms with Crippen molar-refractivity contribution in [2.75, 3.05) is 19.9 Å². The molecule has 1 aliphatic heterocycles. The average molecular weight is 429 g/mol. The SMILES string of the molecule is O=C(/C=C/c1ccc2c(c1)OCO2)NCCOc1ccc2nnc(-c3ccccc3)n2n1. The lowest BCUT2D eigenvalue weighted by atomic mass is 10.2. The van der Waals surface area contributed by atoms with Crippen molar-refractivity contribution in [1.82, 2.24) is 25.1 Å². The van der Waals surface area contributed by atoms with Crippen molar-refractivity contribution in [3.8, 4) is 28.8 Å². The zero-order chi connectivity index (χ0) is 21.8. The van der Waals surface area contributed by atoms with Crippen LogP contribution in [0.25, 0.3) is 23.1 Å². The number of benzene rings is 2. The molecule has 9 nitrogen and oxygen atoms in total. The fraction of sp³-hybridized carbons (Fsp3) is 0.130. The van der Waals surface area contributed by atoms with Gasteiger partial charge in [0, 0.05) is 17.7 Å². The molecular weight excluding hydrogens is 410 g/mol. The van der Waals surface area contributed by atoms with Crippen molar-refractivity contribution in [1.29, 1.82) is 0 Å². The Morgan fingerprint density at radius 3 is 2.84 bits per heavy atom. The summed E-state index contributed by atoms with van der Waals surface area (Å²) in [6.07, 6.45) is 3.18. The summed E-state index contributed by atoms with van der Waals surface area (Å²) < 4.78 is 17.9. The second kappa shape index (κ2) is 8.76.